The first kappa shape index (κ1) is 16.5. The molecule has 0 radical (unpaired) electrons. The number of para-hydroxylation sites is 2. The average molecular weight is 376 g/mol. The van der Waals surface area contributed by atoms with Crippen LogP contribution in [0.4, 0.5) is 0 Å². The van der Waals surface area contributed by atoms with Crippen molar-refractivity contribution in [3.8, 4) is 5.75 Å². The van der Waals surface area contributed by atoms with Crippen molar-refractivity contribution in [3.05, 3.63) is 64.7 Å². The first-order chi connectivity index (χ1) is 13.3. The summed E-state index contributed by atoms with van der Waals surface area (Å²) in [4.78, 5) is 19.9. The number of ether oxygens (including phenoxy) is 1. The third-order valence-electron chi connectivity index (χ3n) is 5.27. The second-order valence-electron chi connectivity index (χ2n) is 7.11. The molecular weight excluding hydrogens is 356 g/mol. The van der Waals surface area contributed by atoms with Crippen LogP contribution in [0.2, 0.25) is 0 Å². The molecule has 1 amide bonds. The van der Waals surface area contributed by atoms with Crippen molar-refractivity contribution < 1.29 is 9.53 Å². The van der Waals surface area contributed by atoms with E-state index in [1.54, 1.807) is 11.3 Å². The van der Waals surface area contributed by atoms with E-state index in [1.165, 1.54) is 4.70 Å². The molecule has 136 valence electrons. The summed E-state index contributed by atoms with van der Waals surface area (Å²) < 4.78 is 6.99. The van der Waals surface area contributed by atoms with E-state index < -0.39 is 0 Å². The predicted molar refractivity (Wildman–Crippen MR) is 108 cm³/mol. The van der Waals surface area contributed by atoms with Gasteiger partial charge < -0.3 is 9.64 Å². The zero-order valence-corrected chi connectivity index (χ0v) is 15.7. The molecule has 0 aliphatic carbocycles. The van der Waals surface area contributed by atoms with Crippen LogP contribution in [0.25, 0.3) is 16.3 Å². The maximum absolute atomic E-state index is 13.1. The molecular formula is C22H20N2O2S. The average Bonchev–Trinajstić information content (AvgIpc) is 3.17. The SMILES string of the molecule is O=C(C1=Cc2ccccc2OC1)N1CCC[C@@H](c2nc3ccccc3s2)C1. The number of piperidine rings is 1. The first-order valence-corrected chi connectivity index (χ1v) is 10.2. The van der Waals surface area contributed by atoms with Crippen molar-refractivity contribution in [2.75, 3.05) is 19.7 Å². The fourth-order valence-corrected chi connectivity index (χ4v) is 4.96. The lowest BCUT2D eigenvalue weighted by Crippen LogP contribution is -2.41. The van der Waals surface area contributed by atoms with E-state index in [2.05, 4.69) is 12.1 Å². The van der Waals surface area contributed by atoms with E-state index in [0.29, 0.717) is 12.5 Å². The molecule has 27 heavy (non-hydrogen) atoms. The van der Waals surface area contributed by atoms with Gasteiger partial charge in [-0.15, -0.1) is 11.3 Å². The summed E-state index contributed by atoms with van der Waals surface area (Å²) in [6, 6.07) is 16.1. The minimum atomic E-state index is 0.0929. The Bertz CT molecular complexity index is 1010. The van der Waals surface area contributed by atoms with Gasteiger partial charge in [-0.3, -0.25) is 4.79 Å². The van der Waals surface area contributed by atoms with Gasteiger partial charge in [0, 0.05) is 24.6 Å². The van der Waals surface area contributed by atoms with E-state index in [0.717, 1.165) is 53.3 Å². The Morgan fingerprint density at radius 1 is 1.15 bits per heavy atom. The van der Waals surface area contributed by atoms with Crippen molar-refractivity contribution in [1.82, 2.24) is 9.88 Å². The molecule has 3 heterocycles. The molecule has 1 fully saturated rings. The van der Waals surface area contributed by atoms with Crippen LogP contribution < -0.4 is 4.74 Å². The molecule has 0 spiro atoms. The van der Waals surface area contributed by atoms with Crippen LogP contribution in [0.1, 0.15) is 29.3 Å². The summed E-state index contributed by atoms with van der Waals surface area (Å²) in [6.45, 7) is 1.88. The zero-order valence-electron chi connectivity index (χ0n) is 14.9. The second-order valence-corrected chi connectivity index (χ2v) is 8.17. The molecule has 2 aromatic carbocycles. The number of nitrogens with zero attached hydrogens (tertiary/aromatic N) is 2. The predicted octanol–water partition coefficient (Wildman–Crippen LogP) is 4.48. The number of carbonyl (C=O) groups is 1. The van der Waals surface area contributed by atoms with Gasteiger partial charge in [0.25, 0.3) is 5.91 Å². The van der Waals surface area contributed by atoms with E-state index in [9.17, 15) is 4.79 Å². The summed E-state index contributed by atoms with van der Waals surface area (Å²) in [5.74, 6) is 1.26. The highest BCUT2D eigenvalue weighted by Gasteiger charge is 2.29. The molecule has 0 saturated carbocycles. The second kappa shape index (κ2) is 6.82. The van der Waals surface area contributed by atoms with Crippen LogP contribution >= 0.6 is 11.3 Å². The minimum Gasteiger partial charge on any atom is -0.488 e. The topological polar surface area (TPSA) is 42.4 Å². The molecule has 5 heteroatoms. The fourth-order valence-electron chi connectivity index (χ4n) is 3.87. The van der Waals surface area contributed by atoms with Crippen molar-refractivity contribution >= 4 is 33.5 Å². The Labute approximate surface area is 162 Å². The molecule has 1 aromatic heterocycles. The molecule has 1 saturated heterocycles. The smallest absolute Gasteiger partial charge is 0.253 e. The maximum Gasteiger partial charge on any atom is 0.253 e. The van der Waals surface area contributed by atoms with E-state index >= 15 is 0 Å². The van der Waals surface area contributed by atoms with Crippen LogP contribution in [-0.2, 0) is 4.79 Å². The number of hydrogen-bond acceptors (Lipinski definition) is 4. The van der Waals surface area contributed by atoms with Crippen molar-refractivity contribution in [2.45, 2.75) is 18.8 Å². The molecule has 0 N–H and O–H groups in total. The Hall–Kier alpha value is -2.66. The molecule has 0 bridgehead atoms. The lowest BCUT2D eigenvalue weighted by atomic mass is 9.97. The highest BCUT2D eigenvalue weighted by molar-refractivity contribution is 7.18. The Kier molecular flexibility index (Phi) is 4.17. The molecule has 5 rings (SSSR count). The third-order valence-corrected chi connectivity index (χ3v) is 6.47. The molecule has 4 nitrogen and oxygen atoms in total. The van der Waals surface area contributed by atoms with Gasteiger partial charge in [-0.05, 0) is 37.1 Å². The highest BCUT2D eigenvalue weighted by atomic mass is 32.1. The lowest BCUT2D eigenvalue weighted by molar-refractivity contribution is -0.128. The number of fused-ring (bicyclic) bond motifs is 2. The summed E-state index contributed by atoms with van der Waals surface area (Å²) in [6.07, 6.45) is 4.07. The summed E-state index contributed by atoms with van der Waals surface area (Å²) in [5, 5.41) is 1.15. The van der Waals surface area contributed by atoms with Gasteiger partial charge in [-0.1, -0.05) is 30.3 Å². The van der Waals surface area contributed by atoms with Gasteiger partial charge >= 0.3 is 0 Å². The van der Waals surface area contributed by atoms with Gasteiger partial charge in [-0.25, -0.2) is 4.98 Å². The Morgan fingerprint density at radius 3 is 2.93 bits per heavy atom. The maximum atomic E-state index is 13.1. The van der Waals surface area contributed by atoms with Crippen molar-refractivity contribution in [2.24, 2.45) is 0 Å². The number of rotatable bonds is 2. The lowest BCUT2D eigenvalue weighted by Gasteiger charge is -2.33. The summed E-state index contributed by atoms with van der Waals surface area (Å²) in [7, 11) is 0. The van der Waals surface area contributed by atoms with Gasteiger partial charge in [0.05, 0.1) is 20.8 Å². The van der Waals surface area contributed by atoms with Gasteiger partial charge in [0.1, 0.15) is 12.4 Å². The van der Waals surface area contributed by atoms with Crippen molar-refractivity contribution in [3.63, 3.8) is 0 Å². The highest BCUT2D eigenvalue weighted by Crippen LogP contribution is 2.34. The monoisotopic (exact) mass is 376 g/mol. The molecule has 2 aliphatic heterocycles. The van der Waals surface area contributed by atoms with Gasteiger partial charge in [-0.2, -0.15) is 0 Å². The van der Waals surface area contributed by atoms with Crippen LogP contribution in [-0.4, -0.2) is 35.5 Å². The normalized spacial score (nSPS) is 19.3. The number of likely N-dealkylation sites (tertiary alicyclic amines) is 1. The van der Waals surface area contributed by atoms with E-state index in [4.69, 9.17) is 9.72 Å². The number of thiazole rings is 1. The largest absolute Gasteiger partial charge is 0.488 e. The van der Waals surface area contributed by atoms with Gasteiger partial charge in [0.2, 0.25) is 0 Å². The zero-order chi connectivity index (χ0) is 18.2. The van der Waals surface area contributed by atoms with Crippen LogP contribution in [0.5, 0.6) is 5.75 Å². The summed E-state index contributed by atoms with van der Waals surface area (Å²) in [5.41, 5.74) is 2.77. The quantitative estimate of drug-likeness (QED) is 0.662. The standard InChI is InChI=1S/C22H20N2O2S/c25-22(17-12-15-6-1-3-9-19(15)26-14-17)24-11-5-7-16(13-24)21-23-18-8-2-4-10-20(18)27-21/h1-4,6,8-10,12,16H,5,7,11,13-14H2/t16-/m1/s1. The molecule has 1 atom stereocenters. The van der Waals surface area contributed by atoms with Gasteiger partial charge in [0.15, 0.2) is 0 Å². The molecule has 0 unspecified atom stereocenters. The summed E-state index contributed by atoms with van der Waals surface area (Å²) >= 11 is 1.76. The van der Waals surface area contributed by atoms with E-state index in [-0.39, 0.29) is 5.91 Å². The van der Waals surface area contributed by atoms with E-state index in [1.807, 2.05) is 47.4 Å². The van der Waals surface area contributed by atoms with Crippen LogP contribution in [0, 0.1) is 0 Å². The fraction of sp³-hybridized carbons (Fsp3) is 0.273. The number of carbonyl (C=O) groups excluding carboxylic acids is 1. The third kappa shape index (κ3) is 3.12. The first-order valence-electron chi connectivity index (χ1n) is 9.35. The number of benzene rings is 2. The molecule has 2 aliphatic rings. The minimum absolute atomic E-state index is 0.0929. The van der Waals surface area contributed by atoms with Crippen LogP contribution in [0.3, 0.4) is 0 Å². The number of hydrogen-bond donors (Lipinski definition) is 0. The number of amides is 1. The Morgan fingerprint density at radius 2 is 2.00 bits per heavy atom. The van der Waals surface area contributed by atoms with Crippen LogP contribution in [0.15, 0.2) is 54.1 Å². The Balaban J connectivity index is 1.36. The van der Waals surface area contributed by atoms with Crippen molar-refractivity contribution in [1.29, 1.82) is 0 Å². The molecule has 3 aromatic rings. The number of aromatic nitrogens is 1.